The van der Waals surface area contributed by atoms with Crippen LogP contribution in [0, 0.1) is 5.41 Å². The van der Waals surface area contributed by atoms with E-state index in [-0.39, 0.29) is 6.61 Å². The molecular formula is C26H42N2O4. The van der Waals surface area contributed by atoms with Crippen LogP contribution in [0.25, 0.3) is 0 Å². The zero-order valence-corrected chi connectivity index (χ0v) is 20.1. The Morgan fingerprint density at radius 1 is 0.938 bits per heavy atom. The minimum Gasteiger partial charge on any atom is -0.480 e. The highest BCUT2D eigenvalue weighted by Gasteiger charge is 2.33. The molecule has 2 aliphatic rings. The lowest BCUT2D eigenvalue weighted by Gasteiger charge is -2.30. The summed E-state index contributed by atoms with van der Waals surface area (Å²) in [7, 11) is 0. The summed E-state index contributed by atoms with van der Waals surface area (Å²) in [6, 6.07) is 9.95. The predicted octanol–water partition coefficient (Wildman–Crippen LogP) is 5.65. The Morgan fingerprint density at radius 2 is 1.44 bits per heavy atom. The van der Waals surface area contributed by atoms with Crippen LogP contribution in [0.2, 0.25) is 0 Å². The normalized spacial score (nSPS) is 18.7. The summed E-state index contributed by atoms with van der Waals surface area (Å²) < 4.78 is 4.99. The van der Waals surface area contributed by atoms with Crippen molar-refractivity contribution in [1.82, 2.24) is 10.6 Å². The molecule has 2 fully saturated rings. The van der Waals surface area contributed by atoms with E-state index < -0.39 is 23.5 Å². The fourth-order valence-electron chi connectivity index (χ4n) is 4.40. The molecule has 0 aliphatic heterocycles. The van der Waals surface area contributed by atoms with Crippen molar-refractivity contribution in [3.05, 3.63) is 35.9 Å². The summed E-state index contributed by atoms with van der Waals surface area (Å²) in [4.78, 5) is 22.7. The second kappa shape index (κ2) is 13.5. The van der Waals surface area contributed by atoms with Gasteiger partial charge in [-0.15, -0.1) is 0 Å². The topological polar surface area (TPSA) is 87.7 Å². The van der Waals surface area contributed by atoms with Crippen LogP contribution >= 0.6 is 0 Å². The van der Waals surface area contributed by atoms with Crippen LogP contribution in [0.15, 0.2) is 30.3 Å². The molecule has 3 rings (SSSR count). The van der Waals surface area contributed by atoms with Gasteiger partial charge in [0.25, 0.3) is 0 Å². The van der Waals surface area contributed by atoms with Crippen LogP contribution in [0.1, 0.15) is 90.5 Å². The fraction of sp³-hybridized carbons (Fsp3) is 0.692. The number of carboxylic acids is 1. The van der Waals surface area contributed by atoms with Gasteiger partial charge in [0, 0.05) is 12.1 Å². The zero-order chi connectivity index (χ0) is 23.4. The van der Waals surface area contributed by atoms with Crippen molar-refractivity contribution in [2.24, 2.45) is 5.41 Å². The second-order valence-electron chi connectivity index (χ2n) is 10.2. The van der Waals surface area contributed by atoms with Crippen LogP contribution in [-0.2, 0) is 16.1 Å². The van der Waals surface area contributed by atoms with Gasteiger partial charge in [0.15, 0.2) is 0 Å². The first-order valence-corrected chi connectivity index (χ1v) is 12.2. The Bertz CT molecular complexity index is 659. The van der Waals surface area contributed by atoms with Crippen molar-refractivity contribution in [3.63, 3.8) is 0 Å². The maximum Gasteiger partial charge on any atom is 0.408 e. The Labute approximate surface area is 193 Å². The molecule has 6 nitrogen and oxygen atoms in total. The molecule has 0 heterocycles. The molecule has 0 bridgehead atoms. The van der Waals surface area contributed by atoms with Crippen LogP contribution in [0.5, 0.6) is 0 Å². The molecule has 32 heavy (non-hydrogen) atoms. The van der Waals surface area contributed by atoms with E-state index in [1.807, 2.05) is 30.3 Å². The van der Waals surface area contributed by atoms with Crippen molar-refractivity contribution < 1.29 is 19.4 Å². The smallest absolute Gasteiger partial charge is 0.408 e. The molecule has 1 amide bonds. The van der Waals surface area contributed by atoms with Crippen molar-refractivity contribution in [1.29, 1.82) is 0 Å². The van der Waals surface area contributed by atoms with Gasteiger partial charge < -0.3 is 20.5 Å². The van der Waals surface area contributed by atoms with E-state index in [4.69, 9.17) is 9.84 Å². The quantitative estimate of drug-likeness (QED) is 0.525. The maximum absolute atomic E-state index is 11.6. The first kappa shape index (κ1) is 26.2. The molecule has 0 spiro atoms. The minimum atomic E-state index is -1.08. The average molecular weight is 447 g/mol. The summed E-state index contributed by atoms with van der Waals surface area (Å²) in [6.45, 7) is 5.33. The number of aliphatic carboxylic acids is 1. The molecule has 6 heteroatoms. The number of carbonyl (C=O) groups excluding carboxylic acids is 1. The lowest BCUT2D eigenvalue weighted by molar-refractivity contribution is -0.142. The highest BCUT2D eigenvalue weighted by Crippen LogP contribution is 2.22. The third kappa shape index (κ3) is 10.0. The highest BCUT2D eigenvalue weighted by molar-refractivity contribution is 5.80. The number of hydrogen-bond acceptors (Lipinski definition) is 4. The number of nitrogens with one attached hydrogen (secondary N) is 2. The number of alkyl carbamates (subject to hydrolysis) is 1. The highest BCUT2D eigenvalue weighted by atomic mass is 16.5. The number of carbonyl (C=O) groups is 2. The monoisotopic (exact) mass is 446 g/mol. The number of amides is 1. The molecule has 1 atom stereocenters. The number of benzene rings is 1. The Morgan fingerprint density at radius 3 is 1.88 bits per heavy atom. The van der Waals surface area contributed by atoms with Crippen LogP contribution in [-0.4, -0.2) is 35.3 Å². The van der Waals surface area contributed by atoms with Crippen molar-refractivity contribution >= 4 is 12.1 Å². The third-order valence-electron chi connectivity index (χ3n) is 6.27. The number of carboxylic acid groups (broad SMARTS) is 1. The Kier molecular flexibility index (Phi) is 11.0. The Balaban J connectivity index is 0.000000242. The van der Waals surface area contributed by atoms with Gasteiger partial charge in [0.1, 0.15) is 12.6 Å². The van der Waals surface area contributed by atoms with Gasteiger partial charge in [0.05, 0.1) is 0 Å². The molecule has 0 aromatic heterocycles. The van der Waals surface area contributed by atoms with Gasteiger partial charge in [0.2, 0.25) is 0 Å². The summed E-state index contributed by atoms with van der Waals surface area (Å²) >= 11 is 0. The van der Waals surface area contributed by atoms with E-state index in [1.54, 1.807) is 20.8 Å². The molecule has 3 N–H and O–H groups in total. The largest absolute Gasteiger partial charge is 0.480 e. The molecule has 180 valence electrons. The van der Waals surface area contributed by atoms with E-state index >= 15 is 0 Å². The maximum atomic E-state index is 11.6. The van der Waals surface area contributed by atoms with E-state index in [0.717, 1.165) is 17.6 Å². The van der Waals surface area contributed by atoms with Crippen molar-refractivity contribution in [2.75, 3.05) is 0 Å². The standard InChI is InChI=1S/C14H19NO4.C12H23N/c1-14(2,3)11(12(16)17)15-13(18)19-9-10-7-5-4-6-8-10;1-3-7-11(8-4-1)13-12-9-5-2-6-10-12/h4-8,11H,9H2,1-3H3,(H,15,18)(H,16,17);11-13H,1-10H2. The van der Waals surface area contributed by atoms with E-state index in [2.05, 4.69) is 10.6 Å². The third-order valence-corrected chi connectivity index (χ3v) is 6.27. The SMILES string of the molecule is C1CCC(NC2CCCCC2)CC1.CC(C)(C)C(NC(=O)OCc1ccccc1)C(=O)O. The molecule has 0 saturated heterocycles. The zero-order valence-electron chi connectivity index (χ0n) is 20.1. The molecule has 1 unspecified atom stereocenters. The molecule has 1 aromatic carbocycles. The van der Waals surface area contributed by atoms with E-state index in [0.29, 0.717) is 0 Å². The van der Waals surface area contributed by atoms with Gasteiger partial charge in [-0.2, -0.15) is 0 Å². The minimum absolute atomic E-state index is 0.114. The fourth-order valence-corrected chi connectivity index (χ4v) is 4.40. The molecule has 2 saturated carbocycles. The second-order valence-corrected chi connectivity index (χ2v) is 10.2. The van der Waals surface area contributed by atoms with Crippen molar-refractivity contribution in [2.45, 2.75) is 110 Å². The van der Waals surface area contributed by atoms with Crippen molar-refractivity contribution in [3.8, 4) is 0 Å². The van der Waals surface area contributed by atoms with Gasteiger partial charge in [-0.25, -0.2) is 9.59 Å². The molecule has 2 aliphatic carbocycles. The summed E-state index contributed by atoms with van der Waals surface area (Å²) in [6.07, 6.45) is 13.8. The van der Waals surface area contributed by atoms with Crippen LogP contribution in [0.3, 0.4) is 0 Å². The summed E-state index contributed by atoms with van der Waals surface area (Å²) in [5.41, 5.74) is 0.262. The van der Waals surface area contributed by atoms with Crippen LogP contribution in [0.4, 0.5) is 4.79 Å². The predicted molar refractivity (Wildman–Crippen MR) is 128 cm³/mol. The first-order chi connectivity index (χ1) is 15.3. The number of rotatable bonds is 6. The van der Waals surface area contributed by atoms with Gasteiger partial charge >= 0.3 is 12.1 Å². The first-order valence-electron chi connectivity index (χ1n) is 12.2. The van der Waals surface area contributed by atoms with Gasteiger partial charge in [-0.05, 0) is 36.7 Å². The summed E-state index contributed by atoms with van der Waals surface area (Å²) in [5.74, 6) is -1.08. The Hall–Kier alpha value is -2.08. The number of hydrogen-bond donors (Lipinski definition) is 3. The van der Waals surface area contributed by atoms with E-state index in [9.17, 15) is 9.59 Å². The van der Waals surface area contributed by atoms with Gasteiger partial charge in [-0.1, -0.05) is 89.6 Å². The molecular weight excluding hydrogens is 404 g/mol. The lowest BCUT2D eigenvalue weighted by atomic mass is 9.87. The molecule has 1 aromatic rings. The number of ether oxygens (including phenoxy) is 1. The average Bonchev–Trinajstić information content (AvgIpc) is 2.78. The van der Waals surface area contributed by atoms with E-state index in [1.165, 1.54) is 64.2 Å². The summed E-state index contributed by atoms with van der Waals surface area (Å²) in [5, 5.41) is 15.3. The van der Waals surface area contributed by atoms with Crippen LogP contribution < -0.4 is 10.6 Å². The molecule has 0 radical (unpaired) electrons. The van der Waals surface area contributed by atoms with Gasteiger partial charge in [-0.3, -0.25) is 0 Å². The lowest BCUT2D eigenvalue weighted by Crippen LogP contribution is -2.49.